The molecule has 2 nitrogen and oxygen atoms in total. The maximum Gasteiger partial charge on any atom is 0.0234 e. The van der Waals surface area contributed by atoms with Crippen LogP contribution >= 0.6 is 0 Å². The van der Waals surface area contributed by atoms with Gasteiger partial charge in [-0.15, -0.1) is 0 Å². The minimum atomic E-state index is 0.277. The zero-order valence-corrected chi connectivity index (χ0v) is 12.7. The summed E-state index contributed by atoms with van der Waals surface area (Å²) in [5.41, 5.74) is 10.5. The van der Waals surface area contributed by atoms with Crippen molar-refractivity contribution in [2.45, 2.75) is 31.8 Å². The van der Waals surface area contributed by atoms with Gasteiger partial charge in [0.15, 0.2) is 0 Å². The van der Waals surface area contributed by atoms with E-state index in [1.165, 1.54) is 16.7 Å². The molecule has 2 unspecified atom stereocenters. The number of piperidine rings is 1. The van der Waals surface area contributed by atoms with Gasteiger partial charge in [-0.2, -0.15) is 0 Å². The van der Waals surface area contributed by atoms with Gasteiger partial charge in [-0.3, -0.25) is 4.90 Å². The lowest BCUT2D eigenvalue weighted by molar-refractivity contribution is 0.183. The molecular weight excluding hydrogens is 256 g/mol. The number of likely N-dealkylation sites (tertiary alicyclic amines) is 1. The highest BCUT2D eigenvalue weighted by Gasteiger charge is 2.27. The Kier molecular flexibility index (Phi) is 4.37. The number of aryl methyl sites for hydroxylation is 1. The van der Waals surface area contributed by atoms with Gasteiger partial charge in [-0.25, -0.2) is 0 Å². The Morgan fingerprint density at radius 2 is 1.90 bits per heavy atom. The van der Waals surface area contributed by atoms with Crippen molar-refractivity contribution >= 4 is 0 Å². The summed E-state index contributed by atoms with van der Waals surface area (Å²) in [6, 6.07) is 19.8. The van der Waals surface area contributed by atoms with Gasteiger partial charge in [0.2, 0.25) is 0 Å². The summed E-state index contributed by atoms with van der Waals surface area (Å²) in [6.07, 6.45) is 1.07. The van der Waals surface area contributed by atoms with E-state index in [4.69, 9.17) is 5.73 Å². The molecule has 2 N–H and O–H groups in total. The molecule has 21 heavy (non-hydrogen) atoms. The lowest BCUT2D eigenvalue weighted by Crippen LogP contribution is -2.45. The average Bonchev–Trinajstić information content (AvgIpc) is 2.50. The summed E-state index contributed by atoms with van der Waals surface area (Å²) in [5, 5.41) is 0. The van der Waals surface area contributed by atoms with Gasteiger partial charge in [-0.1, -0.05) is 60.2 Å². The standard InChI is InChI=1S/C19H24N2/c1-15-6-5-9-17(12-15)18-14-21(11-10-19(18)20)13-16-7-3-2-4-8-16/h2-9,12,18-19H,10-11,13-14,20H2,1H3. The summed E-state index contributed by atoms with van der Waals surface area (Å²) < 4.78 is 0. The second kappa shape index (κ2) is 6.42. The van der Waals surface area contributed by atoms with E-state index in [0.29, 0.717) is 5.92 Å². The molecule has 110 valence electrons. The molecule has 1 fully saturated rings. The Balaban J connectivity index is 1.73. The van der Waals surface area contributed by atoms with Crippen LogP contribution in [0.4, 0.5) is 0 Å². The van der Waals surface area contributed by atoms with E-state index >= 15 is 0 Å². The van der Waals surface area contributed by atoms with Gasteiger partial charge in [0.25, 0.3) is 0 Å². The molecule has 2 heteroatoms. The van der Waals surface area contributed by atoms with Crippen LogP contribution in [0.3, 0.4) is 0 Å². The Labute approximate surface area is 127 Å². The Morgan fingerprint density at radius 3 is 2.67 bits per heavy atom. The van der Waals surface area contributed by atoms with Gasteiger partial charge in [0.1, 0.15) is 0 Å². The monoisotopic (exact) mass is 280 g/mol. The van der Waals surface area contributed by atoms with Gasteiger partial charge < -0.3 is 5.73 Å². The van der Waals surface area contributed by atoms with Crippen LogP contribution in [0.5, 0.6) is 0 Å². The van der Waals surface area contributed by atoms with Crippen LogP contribution in [0.1, 0.15) is 29.0 Å². The second-order valence-corrected chi connectivity index (χ2v) is 6.19. The maximum atomic E-state index is 6.39. The zero-order chi connectivity index (χ0) is 14.7. The van der Waals surface area contributed by atoms with E-state index < -0.39 is 0 Å². The normalized spacial score (nSPS) is 23.1. The predicted octanol–water partition coefficient (Wildman–Crippen LogP) is 3.31. The van der Waals surface area contributed by atoms with Crippen molar-refractivity contribution in [2.75, 3.05) is 13.1 Å². The molecule has 0 amide bonds. The number of nitrogens with zero attached hydrogens (tertiary/aromatic N) is 1. The maximum absolute atomic E-state index is 6.39. The Bertz CT molecular complexity index is 579. The number of hydrogen-bond donors (Lipinski definition) is 1. The van der Waals surface area contributed by atoms with Crippen LogP contribution in [-0.2, 0) is 6.54 Å². The van der Waals surface area contributed by atoms with Gasteiger partial charge >= 0.3 is 0 Å². The highest BCUT2D eigenvalue weighted by molar-refractivity contribution is 5.27. The molecule has 0 saturated carbocycles. The molecule has 0 aliphatic carbocycles. The second-order valence-electron chi connectivity index (χ2n) is 6.19. The van der Waals surface area contributed by atoms with Crippen molar-refractivity contribution in [2.24, 2.45) is 5.73 Å². The van der Waals surface area contributed by atoms with Crippen LogP contribution in [0.25, 0.3) is 0 Å². The summed E-state index contributed by atoms with van der Waals surface area (Å²) in [4.78, 5) is 2.53. The zero-order valence-electron chi connectivity index (χ0n) is 12.7. The van der Waals surface area contributed by atoms with Crippen LogP contribution in [0, 0.1) is 6.92 Å². The van der Waals surface area contributed by atoms with Crippen LogP contribution in [0.15, 0.2) is 54.6 Å². The van der Waals surface area contributed by atoms with E-state index in [9.17, 15) is 0 Å². The van der Waals surface area contributed by atoms with E-state index in [1.54, 1.807) is 0 Å². The quantitative estimate of drug-likeness (QED) is 0.934. The lowest BCUT2D eigenvalue weighted by atomic mass is 9.86. The van der Waals surface area contributed by atoms with Gasteiger partial charge in [0, 0.05) is 31.6 Å². The van der Waals surface area contributed by atoms with Gasteiger partial charge in [0.05, 0.1) is 0 Å². The highest BCUT2D eigenvalue weighted by Crippen LogP contribution is 2.27. The van der Waals surface area contributed by atoms with Crippen molar-refractivity contribution in [3.8, 4) is 0 Å². The fourth-order valence-corrected chi connectivity index (χ4v) is 3.28. The van der Waals surface area contributed by atoms with E-state index in [-0.39, 0.29) is 6.04 Å². The summed E-state index contributed by atoms with van der Waals surface area (Å²) in [6.45, 7) is 5.33. The van der Waals surface area contributed by atoms with Gasteiger partial charge in [-0.05, 0) is 24.5 Å². The molecule has 2 atom stereocenters. The minimum Gasteiger partial charge on any atom is -0.327 e. The molecule has 1 aliphatic heterocycles. The van der Waals surface area contributed by atoms with Crippen LogP contribution < -0.4 is 5.73 Å². The minimum absolute atomic E-state index is 0.277. The molecule has 1 heterocycles. The van der Waals surface area contributed by atoms with Crippen molar-refractivity contribution in [3.63, 3.8) is 0 Å². The molecule has 2 aromatic carbocycles. The number of rotatable bonds is 3. The van der Waals surface area contributed by atoms with Crippen molar-refractivity contribution < 1.29 is 0 Å². The third-order valence-corrected chi connectivity index (χ3v) is 4.47. The Morgan fingerprint density at radius 1 is 1.10 bits per heavy atom. The molecule has 3 rings (SSSR count). The van der Waals surface area contributed by atoms with Crippen molar-refractivity contribution in [3.05, 3.63) is 71.3 Å². The smallest absolute Gasteiger partial charge is 0.0234 e. The molecule has 0 bridgehead atoms. The molecule has 0 spiro atoms. The largest absolute Gasteiger partial charge is 0.327 e. The van der Waals surface area contributed by atoms with Crippen molar-refractivity contribution in [1.29, 1.82) is 0 Å². The Hall–Kier alpha value is -1.64. The fraction of sp³-hybridized carbons (Fsp3) is 0.368. The SMILES string of the molecule is Cc1cccc(C2CN(Cc3ccccc3)CCC2N)c1. The summed E-state index contributed by atoms with van der Waals surface area (Å²) in [5.74, 6) is 0.447. The molecule has 1 saturated heterocycles. The average molecular weight is 280 g/mol. The third kappa shape index (κ3) is 3.52. The first-order chi connectivity index (χ1) is 10.2. The van der Waals surface area contributed by atoms with E-state index in [0.717, 1.165) is 26.1 Å². The lowest BCUT2D eigenvalue weighted by Gasteiger charge is -2.37. The van der Waals surface area contributed by atoms with Crippen LogP contribution in [0.2, 0.25) is 0 Å². The fourth-order valence-electron chi connectivity index (χ4n) is 3.28. The predicted molar refractivity (Wildman–Crippen MR) is 88.2 cm³/mol. The molecule has 0 aromatic heterocycles. The molecular formula is C19H24N2. The molecule has 0 radical (unpaired) electrons. The molecule has 2 aromatic rings. The first-order valence-corrected chi connectivity index (χ1v) is 7.81. The molecule has 1 aliphatic rings. The summed E-state index contributed by atoms with van der Waals surface area (Å²) >= 11 is 0. The number of hydrogen-bond acceptors (Lipinski definition) is 2. The van der Waals surface area contributed by atoms with Crippen molar-refractivity contribution in [1.82, 2.24) is 4.90 Å². The van der Waals surface area contributed by atoms with Crippen LogP contribution in [-0.4, -0.2) is 24.0 Å². The number of nitrogens with two attached hydrogens (primary N) is 1. The van der Waals surface area contributed by atoms with E-state index in [1.807, 2.05) is 0 Å². The first-order valence-electron chi connectivity index (χ1n) is 7.81. The third-order valence-electron chi connectivity index (χ3n) is 4.47. The highest BCUT2D eigenvalue weighted by atomic mass is 15.1. The van der Waals surface area contributed by atoms with E-state index in [2.05, 4.69) is 66.4 Å². The number of benzene rings is 2. The first kappa shape index (κ1) is 14.3. The topological polar surface area (TPSA) is 29.3 Å². The summed E-state index contributed by atoms with van der Waals surface area (Å²) in [7, 11) is 0.